The molecule has 0 fully saturated rings. The van der Waals surface area contributed by atoms with Crippen LogP contribution < -0.4 is 5.32 Å². The molecule has 1 aromatic heterocycles. The largest absolute Gasteiger partial charge is 0.506 e. The summed E-state index contributed by atoms with van der Waals surface area (Å²) in [4.78, 5) is 17.0. The minimum absolute atomic E-state index is 0.0815. The zero-order chi connectivity index (χ0) is 19.0. The first kappa shape index (κ1) is 17.0. The Bertz CT molecular complexity index is 1000. The van der Waals surface area contributed by atoms with E-state index in [1.54, 1.807) is 6.92 Å². The van der Waals surface area contributed by atoms with Crippen LogP contribution in [-0.4, -0.2) is 16.0 Å². The number of carbonyl (C=O) groups excluding carboxylic acids is 1. The van der Waals surface area contributed by atoms with Crippen molar-refractivity contribution in [1.82, 2.24) is 4.98 Å². The smallest absolute Gasteiger partial charge is 0.257 e. The number of hydrogen-bond acceptors (Lipinski definition) is 3. The van der Waals surface area contributed by atoms with Gasteiger partial charge in [0, 0.05) is 22.6 Å². The van der Waals surface area contributed by atoms with Crippen molar-refractivity contribution in [3.63, 3.8) is 0 Å². The first-order chi connectivity index (χ1) is 13.1. The summed E-state index contributed by atoms with van der Waals surface area (Å²) in [5.41, 5.74) is 4.60. The first-order valence-corrected chi connectivity index (χ1v) is 8.90. The fraction of sp³-hybridized carbons (Fsp3) is 0.130. The molecular formula is C23H20N2O2. The second-order valence-corrected chi connectivity index (χ2v) is 6.73. The Kier molecular flexibility index (Phi) is 4.24. The van der Waals surface area contributed by atoms with Gasteiger partial charge in [-0.15, -0.1) is 0 Å². The Morgan fingerprint density at radius 1 is 0.963 bits per heavy atom. The number of aromatic nitrogens is 1. The number of fused-ring (bicyclic) bond motifs is 1. The Labute approximate surface area is 158 Å². The van der Waals surface area contributed by atoms with Crippen molar-refractivity contribution in [2.24, 2.45) is 0 Å². The van der Waals surface area contributed by atoms with Gasteiger partial charge in [0.1, 0.15) is 11.6 Å². The van der Waals surface area contributed by atoms with Crippen LogP contribution in [0.3, 0.4) is 0 Å². The fourth-order valence-corrected chi connectivity index (χ4v) is 3.58. The number of rotatable bonds is 3. The predicted octanol–water partition coefficient (Wildman–Crippen LogP) is 4.57. The van der Waals surface area contributed by atoms with E-state index in [1.807, 2.05) is 49.4 Å². The Hall–Kier alpha value is -3.40. The molecule has 134 valence electrons. The van der Waals surface area contributed by atoms with Crippen molar-refractivity contribution >= 4 is 17.3 Å². The maximum absolute atomic E-state index is 12.7. The monoisotopic (exact) mass is 356 g/mol. The number of carbonyl (C=O) groups is 1. The summed E-state index contributed by atoms with van der Waals surface area (Å²) in [6, 6.07) is 20.2. The molecule has 1 aliphatic rings. The van der Waals surface area contributed by atoms with Crippen LogP contribution in [0.4, 0.5) is 5.82 Å². The average molecular weight is 356 g/mol. The molecule has 0 spiro atoms. The quantitative estimate of drug-likeness (QED) is 0.676. The lowest BCUT2D eigenvalue weighted by molar-refractivity contribution is -0.110. The molecule has 2 aromatic carbocycles. The molecule has 2 heterocycles. The Morgan fingerprint density at radius 2 is 1.52 bits per heavy atom. The van der Waals surface area contributed by atoms with Gasteiger partial charge < -0.3 is 10.4 Å². The van der Waals surface area contributed by atoms with Crippen molar-refractivity contribution in [3.8, 4) is 5.75 Å². The number of pyridine rings is 1. The highest BCUT2D eigenvalue weighted by Gasteiger charge is 2.30. The second kappa shape index (κ2) is 6.72. The van der Waals surface area contributed by atoms with Gasteiger partial charge in [-0.25, -0.2) is 4.98 Å². The minimum Gasteiger partial charge on any atom is -0.506 e. The van der Waals surface area contributed by atoms with Gasteiger partial charge >= 0.3 is 0 Å². The van der Waals surface area contributed by atoms with E-state index in [0.29, 0.717) is 28.2 Å². The molecule has 4 heteroatoms. The summed E-state index contributed by atoms with van der Waals surface area (Å²) in [5, 5.41) is 13.1. The van der Waals surface area contributed by atoms with Crippen LogP contribution in [0.15, 0.2) is 66.7 Å². The number of nitrogens with one attached hydrogen (secondary N) is 1. The van der Waals surface area contributed by atoms with Crippen LogP contribution in [0.5, 0.6) is 5.75 Å². The third kappa shape index (κ3) is 2.99. The molecule has 0 unspecified atom stereocenters. The van der Waals surface area contributed by atoms with Gasteiger partial charge in [0.05, 0.1) is 5.69 Å². The highest BCUT2D eigenvalue weighted by molar-refractivity contribution is 6.31. The molecule has 3 aromatic rings. The van der Waals surface area contributed by atoms with E-state index < -0.39 is 0 Å². The van der Waals surface area contributed by atoms with Crippen molar-refractivity contribution in [1.29, 1.82) is 0 Å². The van der Waals surface area contributed by atoms with E-state index in [2.05, 4.69) is 34.6 Å². The molecule has 4 rings (SSSR count). The number of anilines is 1. The third-order valence-electron chi connectivity index (χ3n) is 4.99. The maximum Gasteiger partial charge on any atom is 0.257 e. The van der Waals surface area contributed by atoms with Crippen LogP contribution in [0.1, 0.15) is 33.9 Å². The number of amides is 1. The Balaban J connectivity index is 1.91. The van der Waals surface area contributed by atoms with E-state index in [9.17, 15) is 9.90 Å². The van der Waals surface area contributed by atoms with E-state index in [4.69, 9.17) is 0 Å². The third-order valence-corrected chi connectivity index (χ3v) is 4.99. The average Bonchev–Trinajstić information content (AvgIpc) is 3.00. The fourth-order valence-electron chi connectivity index (χ4n) is 3.58. The topological polar surface area (TPSA) is 62.2 Å². The maximum atomic E-state index is 12.7. The lowest BCUT2D eigenvalue weighted by Gasteiger charge is -2.16. The molecular weight excluding hydrogens is 336 g/mol. The SMILES string of the molecule is Cc1nc2c(c(C)c1O)/C(=C/C(c1ccccc1)c1ccccc1)C(=O)N2. The normalized spacial score (nSPS) is 14.5. The van der Waals surface area contributed by atoms with E-state index in [0.717, 1.165) is 11.1 Å². The van der Waals surface area contributed by atoms with Gasteiger partial charge in [0.25, 0.3) is 5.91 Å². The standard InChI is InChI=1S/C23H20N2O2/c1-14-20-19(23(27)25-22(20)24-15(2)21(14)26)13-18(16-9-5-3-6-10-16)17-11-7-4-8-12-17/h3-13,18,26H,1-2H3,(H,24,25,27)/b19-13-. The number of hydrogen-bond donors (Lipinski definition) is 2. The molecule has 4 nitrogen and oxygen atoms in total. The molecule has 1 aliphatic heterocycles. The lowest BCUT2D eigenvalue weighted by atomic mass is 9.88. The lowest BCUT2D eigenvalue weighted by Crippen LogP contribution is -2.07. The van der Waals surface area contributed by atoms with Gasteiger partial charge in [-0.1, -0.05) is 66.7 Å². The van der Waals surface area contributed by atoms with E-state index in [1.165, 1.54) is 0 Å². The Morgan fingerprint density at radius 3 is 2.07 bits per heavy atom. The summed E-state index contributed by atoms with van der Waals surface area (Å²) in [7, 11) is 0. The van der Waals surface area contributed by atoms with E-state index in [-0.39, 0.29) is 17.6 Å². The van der Waals surface area contributed by atoms with Gasteiger partial charge in [-0.05, 0) is 25.0 Å². The van der Waals surface area contributed by atoms with Crippen molar-refractivity contribution in [2.75, 3.05) is 5.32 Å². The highest BCUT2D eigenvalue weighted by Crippen LogP contribution is 2.40. The minimum atomic E-state index is -0.192. The van der Waals surface area contributed by atoms with Crippen LogP contribution >= 0.6 is 0 Å². The zero-order valence-electron chi connectivity index (χ0n) is 15.2. The number of aryl methyl sites for hydroxylation is 1. The summed E-state index contributed by atoms with van der Waals surface area (Å²) in [6.45, 7) is 3.55. The molecule has 0 saturated heterocycles. The molecule has 0 saturated carbocycles. The van der Waals surface area contributed by atoms with Crippen molar-refractivity contribution < 1.29 is 9.90 Å². The molecule has 0 radical (unpaired) electrons. The van der Waals surface area contributed by atoms with Gasteiger partial charge in [0.15, 0.2) is 0 Å². The second-order valence-electron chi connectivity index (χ2n) is 6.73. The predicted molar refractivity (Wildman–Crippen MR) is 107 cm³/mol. The molecule has 1 amide bonds. The van der Waals surface area contributed by atoms with Crippen LogP contribution in [0.25, 0.3) is 5.57 Å². The van der Waals surface area contributed by atoms with Crippen LogP contribution in [0.2, 0.25) is 0 Å². The summed E-state index contributed by atoms with van der Waals surface area (Å²) in [5.74, 6) is 0.371. The van der Waals surface area contributed by atoms with Crippen molar-refractivity contribution in [3.05, 3.63) is 94.7 Å². The molecule has 0 atom stereocenters. The molecule has 27 heavy (non-hydrogen) atoms. The molecule has 0 aliphatic carbocycles. The summed E-state index contributed by atoms with van der Waals surface area (Å²) >= 11 is 0. The summed E-state index contributed by atoms with van der Waals surface area (Å²) in [6.07, 6.45) is 1.97. The van der Waals surface area contributed by atoms with Gasteiger partial charge in [0.2, 0.25) is 0 Å². The van der Waals surface area contributed by atoms with Gasteiger partial charge in [-0.2, -0.15) is 0 Å². The zero-order valence-corrected chi connectivity index (χ0v) is 15.2. The van der Waals surface area contributed by atoms with E-state index >= 15 is 0 Å². The molecule has 0 bridgehead atoms. The number of nitrogens with zero attached hydrogens (tertiary/aromatic N) is 1. The highest BCUT2D eigenvalue weighted by atomic mass is 16.3. The number of aromatic hydroxyl groups is 1. The van der Waals surface area contributed by atoms with Crippen molar-refractivity contribution in [2.45, 2.75) is 19.8 Å². The molecule has 2 N–H and O–H groups in total. The first-order valence-electron chi connectivity index (χ1n) is 8.90. The van der Waals surface area contributed by atoms with Gasteiger partial charge in [-0.3, -0.25) is 4.79 Å². The van der Waals surface area contributed by atoms with Crippen LogP contribution in [-0.2, 0) is 4.79 Å². The number of benzene rings is 2. The van der Waals surface area contributed by atoms with Crippen LogP contribution in [0, 0.1) is 13.8 Å². The number of allylic oxidation sites excluding steroid dienone is 1. The summed E-state index contributed by atoms with van der Waals surface area (Å²) < 4.78 is 0.